The highest BCUT2D eigenvalue weighted by Crippen LogP contribution is 2.35. The highest BCUT2D eigenvalue weighted by molar-refractivity contribution is 7.92. The molecule has 0 bridgehead atoms. The van der Waals surface area contributed by atoms with Gasteiger partial charge >= 0.3 is 0 Å². The summed E-state index contributed by atoms with van der Waals surface area (Å²) in [5, 5.41) is 2.99. The van der Waals surface area contributed by atoms with Crippen LogP contribution in [0.15, 0.2) is 77.7 Å². The van der Waals surface area contributed by atoms with Gasteiger partial charge in [-0.2, -0.15) is 0 Å². The van der Waals surface area contributed by atoms with Gasteiger partial charge in [-0.1, -0.05) is 66.5 Å². The van der Waals surface area contributed by atoms with Crippen LogP contribution in [0.25, 0.3) is 0 Å². The highest BCUT2D eigenvalue weighted by atomic mass is 35.5. The molecular formula is C29H33Cl2N3O5S. The normalized spacial score (nSPS) is 12.1. The van der Waals surface area contributed by atoms with Gasteiger partial charge in [-0.3, -0.25) is 13.9 Å². The fourth-order valence-electron chi connectivity index (χ4n) is 4.15. The topological polar surface area (TPSA) is 96.0 Å². The molecule has 0 aliphatic rings. The summed E-state index contributed by atoms with van der Waals surface area (Å²) in [5.74, 6) is -0.281. The predicted octanol–water partition coefficient (Wildman–Crippen LogP) is 5.53. The lowest BCUT2D eigenvalue weighted by molar-refractivity contribution is -0.140. The van der Waals surface area contributed by atoms with Gasteiger partial charge in [0.05, 0.1) is 27.7 Å². The lowest BCUT2D eigenvalue weighted by Gasteiger charge is -2.33. The number of methoxy groups -OCH3 is 1. The largest absolute Gasteiger partial charge is 0.497 e. The van der Waals surface area contributed by atoms with Crippen LogP contribution in [-0.4, -0.2) is 50.9 Å². The van der Waals surface area contributed by atoms with Crippen LogP contribution in [0.1, 0.15) is 32.8 Å². The minimum atomic E-state index is -4.25. The van der Waals surface area contributed by atoms with Crippen molar-refractivity contribution in [3.63, 3.8) is 0 Å². The first kappa shape index (κ1) is 31.3. The van der Waals surface area contributed by atoms with E-state index < -0.39 is 28.5 Å². The molecule has 0 heterocycles. The second-order valence-corrected chi connectivity index (χ2v) is 12.0. The molecule has 40 heavy (non-hydrogen) atoms. The minimum Gasteiger partial charge on any atom is -0.497 e. The smallest absolute Gasteiger partial charge is 0.264 e. The van der Waals surface area contributed by atoms with Crippen molar-refractivity contribution in [2.75, 3.05) is 18.0 Å². The molecular weight excluding hydrogens is 573 g/mol. The van der Waals surface area contributed by atoms with Crippen molar-refractivity contribution >= 4 is 50.7 Å². The van der Waals surface area contributed by atoms with Crippen LogP contribution in [0.4, 0.5) is 5.69 Å². The molecule has 0 aliphatic heterocycles. The number of ether oxygens (including phenoxy) is 1. The Morgan fingerprint density at radius 1 is 0.950 bits per heavy atom. The molecule has 0 saturated heterocycles. The number of rotatable bonds is 12. The minimum absolute atomic E-state index is 0.0113. The molecule has 11 heteroatoms. The number of nitrogens with one attached hydrogen (secondary N) is 1. The van der Waals surface area contributed by atoms with Gasteiger partial charge in [-0.05, 0) is 62.2 Å². The maximum atomic E-state index is 14.1. The van der Waals surface area contributed by atoms with Crippen LogP contribution in [0, 0.1) is 0 Å². The monoisotopic (exact) mass is 605 g/mol. The molecule has 0 spiro atoms. The number of hydrogen-bond donors (Lipinski definition) is 1. The molecule has 1 atom stereocenters. The van der Waals surface area contributed by atoms with Gasteiger partial charge in [0.1, 0.15) is 18.3 Å². The molecule has 1 N–H and O–H groups in total. The Morgan fingerprint density at radius 3 is 2.17 bits per heavy atom. The van der Waals surface area contributed by atoms with Crippen molar-refractivity contribution in [3.8, 4) is 5.75 Å². The van der Waals surface area contributed by atoms with E-state index in [1.165, 1.54) is 29.2 Å². The van der Waals surface area contributed by atoms with E-state index in [1.807, 2.05) is 13.8 Å². The lowest BCUT2D eigenvalue weighted by atomic mass is 10.1. The third-order valence-electron chi connectivity index (χ3n) is 6.14. The molecule has 0 radical (unpaired) electrons. The first-order valence-electron chi connectivity index (χ1n) is 12.7. The van der Waals surface area contributed by atoms with Crippen molar-refractivity contribution in [3.05, 3.63) is 88.4 Å². The second kappa shape index (κ2) is 13.9. The van der Waals surface area contributed by atoms with Gasteiger partial charge in [-0.25, -0.2) is 8.42 Å². The van der Waals surface area contributed by atoms with Gasteiger partial charge in [0.25, 0.3) is 10.0 Å². The molecule has 0 saturated carbocycles. The maximum absolute atomic E-state index is 14.1. The molecule has 3 aromatic rings. The van der Waals surface area contributed by atoms with E-state index >= 15 is 0 Å². The standard InChI is InChI=1S/C29H33Cl2N3O5S/c1-5-25(29(36)32-20(2)3)33(18-21-14-16-22(39-4)17-15-21)27(35)19-34(26-13-9-12-24(30)28(26)31)40(37,38)23-10-7-6-8-11-23/h6-17,20,25H,5,18-19H2,1-4H3,(H,32,36)/t25-/m0/s1. The molecule has 2 amide bonds. The predicted molar refractivity (Wildman–Crippen MR) is 158 cm³/mol. The van der Waals surface area contributed by atoms with E-state index in [0.717, 1.165) is 9.87 Å². The van der Waals surface area contributed by atoms with E-state index in [2.05, 4.69) is 5.32 Å². The zero-order valence-electron chi connectivity index (χ0n) is 22.8. The molecule has 8 nitrogen and oxygen atoms in total. The molecule has 0 fully saturated rings. The van der Waals surface area contributed by atoms with E-state index in [-0.39, 0.29) is 39.1 Å². The number of benzene rings is 3. The third kappa shape index (κ3) is 7.47. The fraction of sp³-hybridized carbons (Fsp3) is 0.310. The first-order chi connectivity index (χ1) is 19.0. The highest BCUT2D eigenvalue weighted by Gasteiger charge is 2.34. The number of carbonyl (C=O) groups is 2. The van der Waals surface area contributed by atoms with Gasteiger partial charge in [0.15, 0.2) is 0 Å². The molecule has 0 aliphatic carbocycles. The van der Waals surface area contributed by atoms with E-state index in [1.54, 1.807) is 62.6 Å². The zero-order chi connectivity index (χ0) is 29.4. The summed E-state index contributed by atoms with van der Waals surface area (Å²) in [7, 11) is -2.70. The summed E-state index contributed by atoms with van der Waals surface area (Å²) in [6, 6.07) is 18.4. The zero-order valence-corrected chi connectivity index (χ0v) is 25.1. The Morgan fingerprint density at radius 2 is 1.60 bits per heavy atom. The van der Waals surface area contributed by atoms with E-state index in [4.69, 9.17) is 27.9 Å². The summed E-state index contributed by atoms with van der Waals surface area (Å²) >= 11 is 12.7. The van der Waals surface area contributed by atoms with Crippen LogP contribution in [0.3, 0.4) is 0 Å². The van der Waals surface area contributed by atoms with Crippen LogP contribution >= 0.6 is 23.2 Å². The molecule has 3 rings (SSSR count). The second-order valence-electron chi connectivity index (χ2n) is 9.35. The summed E-state index contributed by atoms with van der Waals surface area (Å²) < 4.78 is 33.9. The fourth-order valence-corrected chi connectivity index (χ4v) is 6.04. The molecule has 0 aromatic heterocycles. The van der Waals surface area contributed by atoms with E-state index in [9.17, 15) is 18.0 Å². The third-order valence-corrected chi connectivity index (χ3v) is 8.72. The summed E-state index contributed by atoms with van der Waals surface area (Å²) in [4.78, 5) is 28.6. The van der Waals surface area contributed by atoms with Crippen molar-refractivity contribution in [1.29, 1.82) is 0 Å². The number of halogens is 2. The van der Waals surface area contributed by atoms with Gasteiger partial charge in [0.2, 0.25) is 11.8 Å². The van der Waals surface area contributed by atoms with Crippen LogP contribution in [-0.2, 0) is 26.2 Å². The van der Waals surface area contributed by atoms with Crippen molar-refractivity contribution in [1.82, 2.24) is 10.2 Å². The average molecular weight is 607 g/mol. The number of hydrogen-bond acceptors (Lipinski definition) is 5. The summed E-state index contributed by atoms with van der Waals surface area (Å²) in [6.45, 7) is 4.91. The van der Waals surface area contributed by atoms with Crippen molar-refractivity contribution in [2.45, 2.75) is 50.7 Å². The number of carbonyl (C=O) groups excluding carboxylic acids is 2. The Labute approximate surface area is 245 Å². The maximum Gasteiger partial charge on any atom is 0.264 e. The lowest BCUT2D eigenvalue weighted by Crippen LogP contribution is -2.53. The number of anilines is 1. The van der Waals surface area contributed by atoms with E-state index in [0.29, 0.717) is 12.2 Å². The number of sulfonamides is 1. The van der Waals surface area contributed by atoms with Crippen molar-refractivity contribution in [2.24, 2.45) is 0 Å². The van der Waals surface area contributed by atoms with Crippen LogP contribution < -0.4 is 14.4 Å². The Balaban J connectivity index is 2.09. The van der Waals surface area contributed by atoms with Gasteiger partial charge in [-0.15, -0.1) is 0 Å². The Hall–Kier alpha value is -3.27. The molecule has 3 aromatic carbocycles. The summed E-state index contributed by atoms with van der Waals surface area (Å²) in [5.41, 5.74) is 0.790. The quantitative estimate of drug-likeness (QED) is 0.293. The number of nitrogens with zero attached hydrogens (tertiary/aromatic N) is 2. The first-order valence-corrected chi connectivity index (χ1v) is 14.9. The number of amides is 2. The Bertz CT molecular complexity index is 1420. The summed E-state index contributed by atoms with van der Waals surface area (Å²) in [6.07, 6.45) is 0.309. The SMILES string of the molecule is CC[C@@H](C(=O)NC(C)C)N(Cc1ccc(OC)cc1)C(=O)CN(c1cccc(Cl)c1Cl)S(=O)(=O)c1ccccc1. The van der Waals surface area contributed by atoms with Crippen molar-refractivity contribution < 1.29 is 22.7 Å². The van der Waals surface area contributed by atoms with Crippen LogP contribution in [0.5, 0.6) is 5.75 Å². The molecule has 214 valence electrons. The van der Waals surface area contributed by atoms with Crippen LogP contribution in [0.2, 0.25) is 10.0 Å². The molecule has 0 unspecified atom stereocenters. The van der Waals surface area contributed by atoms with Gasteiger partial charge < -0.3 is 15.0 Å². The average Bonchev–Trinajstić information content (AvgIpc) is 2.93. The Kier molecular flexibility index (Phi) is 10.8. The van der Waals surface area contributed by atoms with Gasteiger partial charge in [0, 0.05) is 12.6 Å².